The van der Waals surface area contributed by atoms with Crippen molar-refractivity contribution < 1.29 is 23.4 Å². The highest BCUT2D eigenvalue weighted by atomic mass is 19.1. The number of carbonyl (C=O) groups is 1. The molecule has 0 N–H and O–H groups in total. The first kappa shape index (κ1) is 17.9. The predicted octanol–water partition coefficient (Wildman–Crippen LogP) is 1.78. The summed E-state index contributed by atoms with van der Waals surface area (Å²) in [5, 5.41) is 14.7. The Morgan fingerprint density at radius 3 is 2.70 bits per heavy atom. The van der Waals surface area contributed by atoms with E-state index >= 15 is 0 Å². The summed E-state index contributed by atoms with van der Waals surface area (Å²) in [5.41, 5.74) is -1.32. The lowest BCUT2D eigenvalue weighted by molar-refractivity contribution is -0.385. The van der Waals surface area contributed by atoms with Gasteiger partial charge in [0.15, 0.2) is 5.82 Å². The number of esters is 1. The van der Waals surface area contributed by atoms with E-state index in [1.807, 2.05) is 0 Å². The van der Waals surface area contributed by atoms with E-state index in [0.717, 1.165) is 23.9 Å². The van der Waals surface area contributed by atoms with E-state index in [1.54, 1.807) is 0 Å². The van der Waals surface area contributed by atoms with Crippen LogP contribution in [0, 0.1) is 15.9 Å². The van der Waals surface area contributed by atoms with E-state index in [-0.39, 0.29) is 18.3 Å². The fraction of sp³-hybridized carbons (Fsp3) is 0.125. The topological polar surface area (TPSA) is 130 Å². The molecule has 0 radical (unpaired) electrons. The SMILES string of the molecule is COC(=O)c1cc([N+](=O)[O-])cn(Cc2noc(-c3ccc(F)cc3)n2)c1=O. The minimum Gasteiger partial charge on any atom is -0.465 e. The normalized spacial score (nSPS) is 10.6. The van der Waals surface area contributed by atoms with Gasteiger partial charge in [-0.3, -0.25) is 14.9 Å². The highest BCUT2D eigenvalue weighted by molar-refractivity contribution is 5.89. The summed E-state index contributed by atoms with van der Waals surface area (Å²) < 4.78 is 23.4. The third kappa shape index (κ3) is 3.71. The van der Waals surface area contributed by atoms with Gasteiger partial charge in [0.25, 0.3) is 17.1 Å². The average molecular weight is 374 g/mol. The van der Waals surface area contributed by atoms with Crippen molar-refractivity contribution in [3.8, 4) is 11.5 Å². The van der Waals surface area contributed by atoms with Gasteiger partial charge < -0.3 is 13.8 Å². The maximum absolute atomic E-state index is 13.0. The number of nitro groups is 1. The van der Waals surface area contributed by atoms with Crippen LogP contribution in [0.1, 0.15) is 16.2 Å². The van der Waals surface area contributed by atoms with E-state index in [1.165, 1.54) is 24.3 Å². The largest absolute Gasteiger partial charge is 0.465 e. The second-order valence-corrected chi connectivity index (χ2v) is 5.32. The zero-order valence-corrected chi connectivity index (χ0v) is 13.8. The molecular formula is C16H11FN4O6. The molecule has 10 nitrogen and oxygen atoms in total. The summed E-state index contributed by atoms with van der Waals surface area (Å²) in [6, 6.07) is 6.13. The molecule has 3 rings (SSSR count). The Balaban J connectivity index is 1.97. The first-order valence-electron chi connectivity index (χ1n) is 7.44. The van der Waals surface area contributed by atoms with Crippen LogP contribution in [-0.2, 0) is 11.3 Å². The van der Waals surface area contributed by atoms with Gasteiger partial charge in [-0.2, -0.15) is 4.98 Å². The van der Waals surface area contributed by atoms with Crippen molar-refractivity contribution >= 4 is 11.7 Å². The van der Waals surface area contributed by atoms with Crippen LogP contribution in [0.5, 0.6) is 0 Å². The monoisotopic (exact) mass is 374 g/mol. The number of hydrogen-bond acceptors (Lipinski definition) is 8. The van der Waals surface area contributed by atoms with Crippen molar-refractivity contribution in [3.05, 3.63) is 74.2 Å². The number of hydrogen-bond donors (Lipinski definition) is 0. The third-order valence-corrected chi connectivity index (χ3v) is 3.56. The van der Waals surface area contributed by atoms with E-state index < -0.39 is 33.5 Å². The first-order chi connectivity index (χ1) is 12.9. The molecule has 0 unspecified atom stereocenters. The van der Waals surface area contributed by atoms with Crippen molar-refractivity contribution in [2.45, 2.75) is 6.54 Å². The van der Waals surface area contributed by atoms with Gasteiger partial charge in [0, 0.05) is 11.6 Å². The molecule has 0 saturated carbocycles. The Labute approximate surface area is 150 Å². The zero-order valence-electron chi connectivity index (χ0n) is 13.8. The molecule has 0 atom stereocenters. The number of ether oxygens (including phenoxy) is 1. The zero-order chi connectivity index (χ0) is 19.6. The van der Waals surface area contributed by atoms with E-state index in [0.29, 0.717) is 5.56 Å². The van der Waals surface area contributed by atoms with Crippen molar-refractivity contribution in [2.75, 3.05) is 7.11 Å². The molecule has 138 valence electrons. The Morgan fingerprint density at radius 1 is 1.37 bits per heavy atom. The number of pyridine rings is 1. The number of halogens is 1. The summed E-state index contributed by atoms with van der Waals surface area (Å²) in [7, 11) is 1.05. The van der Waals surface area contributed by atoms with Crippen LogP contribution < -0.4 is 5.56 Å². The van der Waals surface area contributed by atoms with Crippen LogP contribution in [0.3, 0.4) is 0 Å². The molecule has 2 aromatic heterocycles. The van der Waals surface area contributed by atoms with Crippen molar-refractivity contribution in [3.63, 3.8) is 0 Å². The van der Waals surface area contributed by atoms with Crippen molar-refractivity contribution in [1.29, 1.82) is 0 Å². The summed E-state index contributed by atoms with van der Waals surface area (Å²) in [4.78, 5) is 38.4. The lowest BCUT2D eigenvalue weighted by atomic mass is 10.2. The van der Waals surface area contributed by atoms with Gasteiger partial charge >= 0.3 is 5.97 Å². The molecule has 0 aliphatic heterocycles. The molecule has 0 saturated heterocycles. The number of aromatic nitrogens is 3. The van der Waals surface area contributed by atoms with Crippen LogP contribution in [0.25, 0.3) is 11.5 Å². The fourth-order valence-electron chi connectivity index (χ4n) is 2.27. The third-order valence-electron chi connectivity index (χ3n) is 3.56. The molecule has 2 heterocycles. The average Bonchev–Trinajstić information content (AvgIpc) is 3.11. The van der Waals surface area contributed by atoms with Gasteiger partial charge in [-0.05, 0) is 24.3 Å². The molecule has 27 heavy (non-hydrogen) atoms. The lowest BCUT2D eigenvalue weighted by Gasteiger charge is -2.05. The van der Waals surface area contributed by atoms with Gasteiger partial charge in [-0.1, -0.05) is 5.16 Å². The number of carbonyl (C=O) groups excluding carboxylic acids is 1. The number of benzene rings is 1. The number of methoxy groups -OCH3 is 1. The van der Waals surface area contributed by atoms with Gasteiger partial charge in [0.1, 0.15) is 11.4 Å². The van der Waals surface area contributed by atoms with E-state index in [9.17, 15) is 24.1 Å². The highest BCUT2D eigenvalue weighted by Gasteiger charge is 2.21. The smallest absolute Gasteiger partial charge is 0.343 e. The van der Waals surface area contributed by atoms with Crippen LogP contribution in [0.2, 0.25) is 0 Å². The molecule has 0 spiro atoms. The first-order valence-corrected chi connectivity index (χ1v) is 7.44. The molecule has 1 aromatic carbocycles. The molecule has 0 bridgehead atoms. The standard InChI is InChI=1S/C16H11FN4O6/c1-26-16(23)12-6-11(21(24)25)7-20(15(12)22)8-13-18-14(27-19-13)9-2-4-10(17)5-3-9/h2-7H,8H2,1H3. The van der Waals surface area contributed by atoms with Crippen molar-refractivity contribution in [2.24, 2.45) is 0 Å². The van der Waals surface area contributed by atoms with Crippen molar-refractivity contribution in [1.82, 2.24) is 14.7 Å². The Morgan fingerprint density at radius 2 is 2.07 bits per heavy atom. The molecule has 11 heteroatoms. The quantitative estimate of drug-likeness (QED) is 0.375. The van der Waals surface area contributed by atoms with Gasteiger partial charge in [-0.15, -0.1) is 0 Å². The Hall–Kier alpha value is -3.89. The fourth-order valence-corrected chi connectivity index (χ4v) is 2.27. The van der Waals surface area contributed by atoms with Gasteiger partial charge in [-0.25, -0.2) is 9.18 Å². The van der Waals surface area contributed by atoms with Crippen LogP contribution in [0.15, 0.2) is 45.8 Å². The Kier molecular flexibility index (Phi) is 4.75. The summed E-state index contributed by atoms with van der Waals surface area (Å²) in [5.74, 6) is -1.32. The maximum Gasteiger partial charge on any atom is 0.343 e. The minimum absolute atomic E-state index is 0.0349. The van der Waals surface area contributed by atoms with Gasteiger partial charge in [0.2, 0.25) is 0 Å². The molecule has 0 fully saturated rings. The van der Waals surface area contributed by atoms with Gasteiger partial charge in [0.05, 0.1) is 24.8 Å². The van der Waals surface area contributed by atoms with Crippen LogP contribution in [0.4, 0.5) is 10.1 Å². The predicted molar refractivity (Wildman–Crippen MR) is 87.5 cm³/mol. The second-order valence-electron chi connectivity index (χ2n) is 5.32. The summed E-state index contributed by atoms with van der Waals surface area (Å²) in [6.45, 7) is -0.283. The summed E-state index contributed by atoms with van der Waals surface area (Å²) in [6.07, 6.45) is 0.961. The number of nitrogens with zero attached hydrogens (tertiary/aromatic N) is 4. The van der Waals surface area contributed by atoms with E-state index in [2.05, 4.69) is 14.9 Å². The molecule has 0 aliphatic rings. The van der Waals surface area contributed by atoms with Crippen LogP contribution >= 0.6 is 0 Å². The molecule has 0 aliphatic carbocycles. The molecular weight excluding hydrogens is 363 g/mol. The maximum atomic E-state index is 13.0. The Bertz CT molecular complexity index is 1070. The molecule has 0 amide bonds. The summed E-state index contributed by atoms with van der Waals surface area (Å²) >= 11 is 0. The van der Waals surface area contributed by atoms with E-state index in [4.69, 9.17) is 4.52 Å². The minimum atomic E-state index is -1.00. The highest BCUT2D eigenvalue weighted by Crippen LogP contribution is 2.18. The lowest BCUT2D eigenvalue weighted by Crippen LogP contribution is -2.27. The number of rotatable bonds is 5. The molecule has 3 aromatic rings. The second kappa shape index (κ2) is 7.15. The van der Waals surface area contributed by atoms with Crippen LogP contribution in [-0.4, -0.2) is 32.7 Å².